The summed E-state index contributed by atoms with van der Waals surface area (Å²) in [6, 6.07) is 5.34. The summed E-state index contributed by atoms with van der Waals surface area (Å²) in [6.45, 7) is 1.92. The molecule has 5 nitrogen and oxygen atoms in total. The molecular formula is C11H9BrN4O. The van der Waals surface area contributed by atoms with E-state index in [0.717, 1.165) is 10.0 Å². The molecule has 0 saturated heterocycles. The van der Waals surface area contributed by atoms with Gasteiger partial charge < -0.3 is 0 Å². The van der Waals surface area contributed by atoms with Crippen LogP contribution in [0.1, 0.15) is 15.9 Å². The maximum absolute atomic E-state index is 11.8. The molecular weight excluding hydrogens is 284 g/mol. The second-order valence-electron chi connectivity index (χ2n) is 3.38. The molecule has 0 radical (unpaired) electrons. The van der Waals surface area contributed by atoms with Gasteiger partial charge in [-0.15, -0.1) is 5.10 Å². The van der Waals surface area contributed by atoms with Crippen LogP contribution < -0.4 is 5.32 Å². The van der Waals surface area contributed by atoms with Crippen LogP contribution in [0.25, 0.3) is 0 Å². The number of carbonyl (C=O) groups is 1. The highest BCUT2D eigenvalue weighted by Crippen LogP contribution is 2.17. The van der Waals surface area contributed by atoms with E-state index < -0.39 is 0 Å². The van der Waals surface area contributed by atoms with E-state index in [9.17, 15) is 4.79 Å². The highest BCUT2D eigenvalue weighted by Gasteiger charge is 2.08. The Bertz CT molecular complexity index is 544. The second kappa shape index (κ2) is 5.01. The molecule has 1 aromatic carbocycles. The molecule has 1 aromatic heterocycles. The maximum Gasteiger partial charge on any atom is 0.258 e. The van der Waals surface area contributed by atoms with Crippen molar-refractivity contribution >= 4 is 27.8 Å². The van der Waals surface area contributed by atoms with Crippen molar-refractivity contribution in [2.24, 2.45) is 0 Å². The Morgan fingerprint density at radius 1 is 1.35 bits per heavy atom. The second-order valence-corrected chi connectivity index (χ2v) is 4.24. The lowest BCUT2D eigenvalue weighted by Crippen LogP contribution is -2.14. The third-order valence-electron chi connectivity index (χ3n) is 2.13. The molecule has 0 atom stereocenters. The number of hydrogen-bond donors (Lipinski definition) is 1. The zero-order valence-electron chi connectivity index (χ0n) is 9.01. The molecule has 0 unspecified atom stereocenters. The number of anilines is 1. The molecule has 2 rings (SSSR count). The summed E-state index contributed by atoms with van der Waals surface area (Å²) in [5, 5.41) is 9.88. The Labute approximate surface area is 106 Å². The Morgan fingerprint density at radius 2 is 2.18 bits per heavy atom. The van der Waals surface area contributed by atoms with Crippen LogP contribution >= 0.6 is 15.9 Å². The van der Waals surface area contributed by atoms with Crippen molar-refractivity contribution in [3.8, 4) is 0 Å². The van der Waals surface area contributed by atoms with E-state index in [0.29, 0.717) is 5.56 Å². The van der Waals surface area contributed by atoms with Crippen molar-refractivity contribution in [3.05, 3.63) is 46.2 Å². The minimum Gasteiger partial charge on any atom is -0.289 e. The van der Waals surface area contributed by atoms with E-state index in [4.69, 9.17) is 0 Å². The molecule has 0 aliphatic carbocycles. The summed E-state index contributed by atoms with van der Waals surface area (Å²) in [5.41, 5.74) is 1.54. The topological polar surface area (TPSA) is 67.8 Å². The average molecular weight is 293 g/mol. The fourth-order valence-corrected chi connectivity index (χ4v) is 1.51. The van der Waals surface area contributed by atoms with Gasteiger partial charge in [-0.25, -0.2) is 4.98 Å². The van der Waals surface area contributed by atoms with Crippen molar-refractivity contribution in [2.45, 2.75) is 6.92 Å². The highest BCUT2D eigenvalue weighted by molar-refractivity contribution is 9.10. The molecule has 1 heterocycles. The Hall–Kier alpha value is -1.82. The van der Waals surface area contributed by atoms with E-state index in [1.807, 2.05) is 13.0 Å². The van der Waals surface area contributed by atoms with Gasteiger partial charge in [0.25, 0.3) is 5.91 Å². The van der Waals surface area contributed by atoms with Crippen LogP contribution in [0, 0.1) is 6.92 Å². The van der Waals surface area contributed by atoms with Gasteiger partial charge in [0.2, 0.25) is 5.95 Å². The minimum atomic E-state index is -0.256. The standard InChI is InChI=1S/C11H9BrN4O/c1-7-6-8(2-3-9(7)12)10(17)15-11-13-4-5-14-16-11/h2-6H,1H3,(H,13,15,16,17). The zero-order valence-corrected chi connectivity index (χ0v) is 10.6. The fraction of sp³-hybridized carbons (Fsp3) is 0.0909. The summed E-state index contributed by atoms with van der Waals surface area (Å²) in [6.07, 6.45) is 2.91. The molecule has 0 spiro atoms. The molecule has 17 heavy (non-hydrogen) atoms. The zero-order chi connectivity index (χ0) is 12.3. The third kappa shape index (κ3) is 2.85. The number of benzene rings is 1. The van der Waals surface area contributed by atoms with Crippen LogP contribution in [0.5, 0.6) is 0 Å². The number of aryl methyl sites for hydroxylation is 1. The highest BCUT2D eigenvalue weighted by atomic mass is 79.9. The fourth-order valence-electron chi connectivity index (χ4n) is 1.26. The smallest absolute Gasteiger partial charge is 0.258 e. The normalized spacial score (nSPS) is 10.0. The molecule has 0 fully saturated rings. The van der Waals surface area contributed by atoms with Crippen molar-refractivity contribution in [2.75, 3.05) is 5.32 Å². The molecule has 0 aliphatic rings. The Kier molecular flexibility index (Phi) is 3.43. The summed E-state index contributed by atoms with van der Waals surface area (Å²) in [4.78, 5) is 15.7. The minimum absolute atomic E-state index is 0.193. The predicted molar refractivity (Wildman–Crippen MR) is 66.7 cm³/mol. The molecule has 6 heteroatoms. The third-order valence-corrected chi connectivity index (χ3v) is 3.02. The number of nitrogens with zero attached hydrogens (tertiary/aromatic N) is 3. The van der Waals surface area contributed by atoms with E-state index in [1.54, 1.807) is 12.1 Å². The van der Waals surface area contributed by atoms with Gasteiger partial charge >= 0.3 is 0 Å². The molecule has 1 N–H and O–H groups in total. The van der Waals surface area contributed by atoms with Crippen molar-refractivity contribution in [1.29, 1.82) is 0 Å². The molecule has 2 aromatic rings. The maximum atomic E-state index is 11.8. The molecule has 1 amide bonds. The summed E-state index contributed by atoms with van der Waals surface area (Å²) in [5.74, 6) is -0.0633. The largest absolute Gasteiger partial charge is 0.289 e. The van der Waals surface area contributed by atoms with Gasteiger partial charge in [0, 0.05) is 10.0 Å². The van der Waals surface area contributed by atoms with Crippen LogP contribution in [0.3, 0.4) is 0 Å². The first-order valence-corrected chi connectivity index (χ1v) is 5.67. The van der Waals surface area contributed by atoms with Crippen LogP contribution in [-0.2, 0) is 0 Å². The van der Waals surface area contributed by atoms with Gasteiger partial charge in [-0.3, -0.25) is 10.1 Å². The van der Waals surface area contributed by atoms with Gasteiger partial charge in [0.05, 0.1) is 12.4 Å². The first-order chi connectivity index (χ1) is 8.16. The number of halogens is 1. The van der Waals surface area contributed by atoms with Crippen LogP contribution in [0.15, 0.2) is 35.1 Å². The molecule has 0 aliphatic heterocycles. The van der Waals surface area contributed by atoms with Crippen molar-refractivity contribution in [3.63, 3.8) is 0 Å². The van der Waals surface area contributed by atoms with Gasteiger partial charge in [-0.2, -0.15) is 5.10 Å². The predicted octanol–water partition coefficient (Wildman–Crippen LogP) is 2.19. The van der Waals surface area contributed by atoms with Crippen LogP contribution in [-0.4, -0.2) is 21.1 Å². The van der Waals surface area contributed by atoms with Crippen molar-refractivity contribution < 1.29 is 4.79 Å². The SMILES string of the molecule is Cc1cc(C(=O)Nc2nccnn2)ccc1Br. The van der Waals surface area contributed by atoms with Crippen LogP contribution in [0.2, 0.25) is 0 Å². The van der Waals surface area contributed by atoms with Gasteiger partial charge in [0.1, 0.15) is 0 Å². The van der Waals surface area contributed by atoms with E-state index in [2.05, 4.69) is 36.4 Å². The molecule has 86 valence electrons. The number of carbonyl (C=O) groups excluding carboxylic acids is 1. The molecule has 0 bridgehead atoms. The Morgan fingerprint density at radius 3 is 2.82 bits per heavy atom. The van der Waals surface area contributed by atoms with Gasteiger partial charge in [0.15, 0.2) is 0 Å². The quantitative estimate of drug-likeness (QED) is 0.921. The lowest BCUT2D eigenvalue weighted by Gasteiger charge is -2.04. The lowest BCUT2D eigenvalue weighted by molar-refractivity contribution is 0.102. The number of hydrogen-bond acceptors (Lipinski definition) is 4. The van der Waals surface area contributed by atoms with Gasteiger partial charge in [-0.05, 0) is 30.7 Å². The van der Waals surface area contributed by atoms with E-state index in [-0.39, 0.29) is 11.9 Å². The molecule has 0 saturated carbocycles. The van der Waals surface area contributed by atoms with E-state index in [1.165, 1.54) is 12.4 Å². The van der Waals surface area contributed by atoms with Gasteiger partial charge in [-0.1, -0.05) is 15.9 Å². The van der Waals surface area contributed by atoms with Crippen LogP contribution in [0.4, 0.5) is 5.95 Å². The summed E-state index contributed by atoms with van der Waals surface area (Å²) >= 11 is 3.38. The monoisotopic (exact) mass is 292 g/mol. The number of rotatable bonds is 2. The number of aromatic nitrogens is 3. The Balaban J connectivity index is 2.18. The lowest BCUT2D eigenvalue weighted by atomic mass is 10.1. The summed E-state index contributed by atoms with van der Waals surface area (Å²) in [7, 11) is 0. The first kappa shape index (κ1) is 11.7. The average Bonchev–Trinajstić information content (AvgIpc) is 2.34. The van der Waals surface area contributed by atoms with E-state index >= 15 is 0 Å². The number of amides is 1. The van der Waals surface area contributed by atoms with Crippen molar-refractivity contribution in [1.82, 2.24) is 15.2 Å². The first-order valence-electron chi connectivity index (χ1n) is 4.88. The number of nitrogens with one attached hydrogen (secondary N) is 1. The summed E-state index contributed by atoms with van der Waals surface area (Å²) < 4.78 is 0.965.